The monoisotopic (exact) mass is 193 g/mol. The van der Waals surface area contributed by atoms with Gasteiger partial charge in [-0.15, -0.1) is 0 Å². The molecular weight excluding hydrogens is 182 g/mol. The Labute approximate surface area is 81.3 Å². The smallest absolute Gasteiger partial charge is 0.288 e. The second-order valence-electron chi connectivity index (χ2n) is 2.77. The van der Waals surface area contributed by atoms with Crippen molar-refractivity contribution in [1.82, 2.24) is 20.5 Å². The molecule has 1 amide bonds. The SMILES string of the molecule is CCC(CC#N)NC(=O)c1ncn[nH]1. The van der Waals surface area contributed by atoms with Gasteiger partial charge in [0.1, 0.15) is 6.33 Å². The first-order chi connectivity index (χ1) is 6.77. The van der Waals surface area contributed by atoms with Gasteiger partial charge >= 0.3 is 0 Å². The fourth-order valence-corrected chi connectivity index (χ4v) is 0.976. The second-order valence-corrected chi connectivity index (χ2v) is 2.77. The van der Waals surface area contributed by atoms with Crippen molar-refractivity contribution in [2.24, 2.45) is 0 Å². The van der Waals surface area contributed by atoms with Crippen molar-refractivity contribution in [2.45, 2.75) is 25.8 Å². The van der Waals surface area contributed by atoms with Crippen molar-refractivity contribution in [1.29, 1.82) is 5.26 Å². The summed E-state index contributed by atoms with van der Waals surface area (Å²) >= 11 is 0. The number of nitrogens with zero attached hydrogens (tertiary/aromatic N) is 3. The van der Waals surface area contributed by atoms with Gasteiger partial charge in [-0.3, -0.25) is 9.89 Å². The number of aromatic amines is 1. The molecule has 1 unspecified atom stereocenters. The van der Waals surface area contributed by atoms with Crippen LogP contribution in [0.15, 0.2) is 6.33 Å². The lowest BCUT2D eigenvalue weighted by molar-refractivity contribution is 0.0926. The number of rotatable bonds is 4. The highest BCUT2D eigenvalue weighted by Crippen LogP contribution is 1.97. The predicted molar refractivity (Wildman–Crippen MR) is 48.2 cm³/mol. The highest BCUT2D eigenvalue weighted by Gasteiger charge is 2.13. The van der Waals surface area contributed by atoms with E-state index in [4.69, 9.17) is 5.26 Å². The Morgan fingerprint density at radius 3 is 3.14 bits per heavy atom. The number of hydrogen-bond donors (Lipinski definition) is 2. The number of nitriles is 1. The van der Waals surface area contributed by atoms with Crippen LogP contribution in [0.5, 0.6) is 0 Å². The van der Waals surface area contributed by atoms with Gasteiger partial charge in [0.15, 0.2) is 0 Å². The maximum absolute atomic E-state index is 11.4. The van der Waals surface area contributed by atoms with E-state index in [1.807, 2.05) is 13.0 Å². The number of carbonyl (C=O) groups excluding carboxylic acids is 1. The molecule has 0 radical (unpaired) electrons. The molecule has 1 heterocycles. The molecule has 0 fully saturated rings. The van der Waals surface area contributed by atoms with Crippen LogP contribution in [0.25, 0.3) is 0 Å². The third kappa shape index (κ3) is 2.55. The molecule has 1 rings (SSSR count). The maximum Gasteiger partial charge on any atom is 0.288 e. The van der Waals surface area contributed by atoms with Crippen LogP contribution >= 0.6 is 0 Å². The van der Waals surface area contributed by atoms with Gasteiger partial charge in [-0.05, 0) is 6.42 Å². The minimum absolute atomic E-state index is 0.127. The molecule has 1 atom stereocenters. The van der Waals surface area contributed by atoms with E-state index in [9.17, 15) is 4.79 Å². The summed E-state index contributed by atoms with van der Waals surface area (Å²) in [4.78, 5) is 15.1. The summed E-state index contributed by atoms with van der Waals surface area (Å²) in [5.74, 6) is -0.161. The van der Waals surface area contributed by atoms with E-state index >= 15 is 0 Å². The fourth-order valence-electron chi connectivity index (χ4n) is 0.976. The molecule has 0 aliphatic rings. The lowest BCUT2D eigenvalue weighted by atomic mass is 10.1. The molecule has 1 aromatic heterocycles. The van der Waals surface area contributed by atoms with Crippen molar-refractivity contribution >= 4 is 5.91 Å². The summed E-state index contributed by atoms with van der Waals surface area (Å²) in [6.07, 6.45) is 2.28. The Balaban J connectivity index is 2.52. The quantitative estimate of drug-likeness (QED) is 0.715. The molecule has 0 saturated heterocycles. The van der Waals surface area contributed by atoms with E-state index < -0.39 is 0 Å². The zero-order valence-corrected chi connectivity index (χ0v) is 7.82. The van der Waals surface area contributed by atoms with E-state index in [1.165, 1.54) is 6.33 Å². The van der Waals surface area contributed by atoms with Crippen LogP contribution in [0.1, 0.15) is 30.4 Å². The second kappa shape index (κ2) is 4.97. The van der Waals surface area contributed by atoms with Crippen molar-refractivity contribution in [2.75, 3.05) is 0 Å². The number of hydrogen-bond acceptors (Lipinski definition) is 4. The van der Waals surface area contributed by atoms with Gasteiger partial charge in [0.05, 0.1) is 12.5 Å². The zero-order valence-electron chi connectivity index (χ0n) is 7.82. The third-order valence-corrected chi connectivity index (χ3v) is 1.80. The van der Waals surface area contributed by atoms with Crippen molar-refractivity contribution in [3.05, 3.63) is 12.2 Å². The van der Waals surface area contributed by atoms with Gasteiger partial charge < -0.3 is 5.32 Å². The van der Waals surface area contributed by atoms with E-state index in [0.29, 0.717) is 12.8 Å². The lowest BCUT2D eigenvalue weighted by Crippen LogP contribution is -2.34. The van der Waals surface area contributed by atoms with E-state index in [0.717, 1.165) is 0 Å². The number of aromatic nitrogens is 3. The Morgan fingerprint density at radius 2 is 2.64 bits per heavy atom. The summed E-state index contributed by atoms with van der Waals surface area (Å²) in [7, 11) is 0. The highest BCUT2D eigenvalue weighted by molar-refractivity contribution is 5.90. The van der Waals surface area contributed by atoms with Crippen LogP contribution in [-0.2, 0) is 0 Å². The zero-order chi connectivity index (χ0) is 10.4. The molecule has 6 heteroatoms. The average molecular weight is 193 g/mol. The molecule has 14 heavy (non-hydrogen) atoms. The summed E-state index contributed by atoms with van der Waals surface area (Å²) in [5.41, 5.74) is 0. The van der Waals surface area contributed by atoms with Gasteiger partial charge in [-0.2, -0.15) is 10.4 Å². The van der Waals surface area contributed by atoms with Crippen LogP contribution in [0.3, 0.4) is 0 Å². The Morgan fingerprint density at radius 1 is 1.86 bits per heavy atom. The average Bonchev–Trinajstić information content (AvgIpc) is 2.69. The molecule has 0 aliphatic heterocycles. The normalized spacial score (nSPS) is 11.7. The van der Waals surface area contributed by atoms with Gasteiger partial charge in [-0.1, -0.05) is 6.92 Å². The van der Waals surface area contributed by atoms with E-state index in [1.54, 1.807) is 0 Å². The van der Waals surface area contributed by atoms with Crippen LogP contribution in [0, 0.1) is 11.3 Å². The van der Waals surface area contributed by atoms with E-state index in [-0.39, 0.29) is 17.8 Å². The van der Waals surface area contributed by atoms with Crippen molar-refractivity contribution in [3.63, 3.8) is 0 Å². The number of amides is 1. The number of carbonyl (C=O) groups is 1. The van der Waals surface area contributed by atoms with Crippen molar-refractivity contribution < 1.29 is 4.79 Å². The first-order valence-electron chi connectivity index (χ1n) is 4.31. The van der Waals surface area contributed by atoms with Gasteiger partial charge in [0.25, 0.3) is 5.91 Å². The fraction of sp³-hybridized carbons (Fsp3) is 0.500. The predicted octanol–water partition coefficient (Wildman–Crippen LogP) is 0.227. The molecule has 2 N–H and O–H groups in total. The summed E-state index contributed by atoms with van der Waals surface area (Å²) < 4.78 is 0. The minimum atomic E-state index is -0.329. The van der Waals surface area contributed by atoms with Gasteiger partial charge in [0.2, 0.25) is 5.82 Å². The van der Waals surface area contributed by atoms with Gasteiger partial charge in [-0.25, -0.2) is 4.98 Å². The molecule has 0 aliphatic carbocycles. The molecule has 74 valence electrons. The summed E-state index contributed by atoms with van der Waals surface area (Å²) in [6, 6.07) is 1.88. The molecule has 0 aromatic carbocycles. The Kier molecular flexibility index (Phi) is 3.61. The minimum Gasteiger partial charge on any atom is -0.346 e. The van der Waals surface area contributed by atoms with Gasteiger partial charge in [0, 0.05) is 6.04 Å². The molecule has 0 spiro atoms. The lowest BCUT2D eigenvalue weighted by Gasteiger charge is -2.11. The largest absolute Gasteiger partial charge is 0.346 e. The summed E-state index contributed by atoms with van der Waals surface area (Å²) in [6.45, 7) is 1.91. The molecule has 6 nitrogen and oxygen atoms in total. The Hall–Kier alpha value is -1.90. The molecule has 0 bridgehead atoms. The summed E-state index contributed by atoms with van der Waals surface area (Å²) in [5, 5.41) is 17.2. The first kappa shape index (κ1) is 10.2. The van der Waals surface area contributed by atoms with Crippen molar-refractivity contribution in [3.8, 4) is 6.07 Å². The standard InChI is InChI=1S/C8H11N5O/c1-2-6(3-4-9)12-8(14)7-10-5-11-13-7/h5-6H,2-3H2,1H3,(H,12,14)(H,10,11,13). The highest BCUT2D eigenvalue weighted by atomic mass is 16.2. The maximum atomic E-state index is 11.4. The third-order valence-electron chi connectivity index (χ3n) is 1.80. The number of nitrogens with one attached hydrogen (secondary N) is 2. The van der Waals surface area contributed by atoms with E-state index in [2.05, 4.69) is 20.5 Å². The molecule has 0 saturated carbocycles. The van der Waals surface area contributed by atoms with Crippen LogP contribution in [0.4, 0.5) is 0 Å². The van der Waals surface area contributed by atoms with Crippen LogP contribution in [0.2, 0.25) is 0 Å². The molecule has 1 aromatic rings. The van der Waals surface area contributed by atoms with Crippen LogP contribution in [-0.4, -0.2) is 27.1 Å². The first-order valence-corrected chi connectivity index (χ1v) is 4.31. The van der Waals surface area contributed by atoms with Crippen LogP contribution < -0.4 is 5.32 Å². The Bertz CT molecular complexity index is 326. The molecular formula is C8H11N5O. The number of H-pyrrole nitrogens is 1. The topological polar surface area (TPSA) is 94.5 Å².